The zero-order valence-corrected chi connectivity index (χ0v) is 25.2. The van der Waals surface area contributed by atoms with E-state index in [-0.39, 0.29) is 23.1 Å². The molecule has 0 bridgehead atoms. The molecule has 1 aliphatic rings. The highest BCUT2D eigenvalue weighted by molar-refractivity contribution is 8.00. The number of carbonyl (C=O) groups is 2. The van der Waals surface area contributed by atoms with Crippen molar-refractivity contribution in [3.05, 3.63) is 108 Å². The van der Waals surface area contributed by atoms with E-state index in [2.05, 4.69) is 16.8 Å². The first-order valence-corrected chi connectivity index (χ1v) is 15.2. The standard InChI is InChI=1S/C32H29N3O6S2/c1-4-17-41-24-16-13-22(18-25(24)40-5-2)27-26(28(36)21-11-14-23(39-3)15-12-21)29(37)30(38)35(27)31-33-34-32(43-31)42-19-20-9-7-6-8-10-20/h4,6-16,18,27,36H,1,5,17,19H2,2-3H3. The molecule has 220 valence electrons. The number of rotatable bonds is 12. The van der Waals surface area contributed by atoms with Crippen molar-refractivity contribution in [2.24, 2.45) is 0 Å². The number of nitrogens with zero attached hydrogens (tertiary/aromatic N) is 3. The molecule has 1 aromatic heterocycles. The third kappa shape index (κ3) is 6.42. The van der Waals surface area contributed by atoms with Crippen LogP contribution in [0.5, 0.6) is 17.2 Å². The molecule has 5 rings (SSSR count). The average molecular weight is 616 g/mol. The van der Waals surface area contributed by atoms with Gasteiger partial charge in [0.2, 0.25) is 5.13 Å². The zero-order valence-electron chi connectivity index (χ0n) is 23.6. The molecule has 1 atom stereocenters. The van der Waals surface area contributed by atoms with E-state index in [1.807, 2.05) is 37.3 Å². The molecule has 43 heavy (non-hydrogen) atoms. The number of amides is 1. The van der Waals surface area contributed by atoms with Crippen LogP contribution in [0.1, 0.15) is 29.7 Å². The second kappa shape index (κ2) is 13.6. The van der Waals surface area contributed by atoms with Crippen molar-refractivity contribution in [1.29, 1.82) is 0 Å². The minimum Gasteiger partial charge on any atom is -0.507 e. The summed E-state index contributed by atoms with van der Waals surface area (Å²) >= 11 is 2.69. The van der Waals surface area contributed by atoms with Crippen molar-refractivity contribution < 1.29 is 28.9 Å². The molecule has 1 saturated heterocycles. The van der Waals surface area contributed by atoms with Crippen LogP contribution >= 0.6 is 23.1 Å². The monoisotopic (exact) mass is 615 g/mol. The number of anilines is 1. The third-order valence-corrected chi connectivity index (χ3v) is 8.68. The van der Waals surface area contributed by atoms with Crippen molar-refractivity contribution in [2.75, 3.05) is 25.2 Å². The average Bonchev–Trinajstić information content (AvgIpc) is 3.61. The number of carbonyl (C=O) groups excluding carboxylic acids is 2. The summed E-state index contributed by atoms with van der Waals surface area (Å²) in [6, 6.07) is 20.6. The van der Waals surface area contributed by atoms with Gasteiger partial charge in [0.1, 0.15) is 18.1 Å². The third-order valence-electron chi connectivity index (χ3n) is 6.55. The van der Waals surface area contributed by atoms with E-state index in [1.165, 1.54) is 35.1 Å². The number of aromatic nitrogens is 2. The van der Waals surface area contributed by atoms with Crippen LogP contribution < -0.4 is 19.1 Å². The van der Waals surface area contributed by atoms with Gasteiger partial charge in [-0.3, -0.25) is 14.5 Å². The maximum atomic E-state index is 13.6. The fraction of sp³-hybridized carbons (Fsp3) is 0.188. The first-order valence-electron chi connectivity index (χ1n) is 13.4. The molecule has 0 aliphatic carbocycles. The molecule has 4 aromatic rings. The fourth-order valence-electron chi connectivity index (χ4n) is 4.56. The van der Waals surface area contributed by atoms with Gasteiger partial charge >= 0.3 is 5.91 Å². The number of benzene rings is 3. The topological polar surface area (TPSA) is 111 Å². The van der Waals surface area contributed by atoms with Gasteiger partial charge in [-0.05, 0) is 54.4 Å². The van der Waals surface area contributed by atoms with Gasteiger partial charge < -0.3 is 19.3 Å². The SMILES string of the molecule is C=CCOc1ccc(C2C(=C(O)c3ccc(OC)cc3)C(=O)C(=O)N2c2nnc(SCc3ccccc3)s2)cc1OCC. The first-order chi connectivity index (χ1) is 20.9. The van der Waals surface area contributed by atoms with Gasteiger partial charge in [-0.1, -0.05) is 72.2 Å². The summed E-state index contributed by atoms with van der Waals surface area (Å²) in [5, 5.41) is 20.3. The summed E-state index contributed by atoms with van der Waals surface area (Å²) in [7, 11) is 1.53. The largest absolute Gasteiger partial charge is 0.507 e. The van der Waals surface area contributed by atoms with Gasteiger partial charge in [-0.2, -0.15) is 0 Å². The number of ether oxygens (including phenoxy) is 3. The normalized spacial score (nSPS) is 15.9. The molecular formula is C32H29N3O6S2. The smallest absolute Gasteiger partial charge is 0.301 e. The van der Waals surface area contributed by atoms with E-state index in [1.54, 1.807) is 48.5 Å². The van der Waals surface area contributed by atoms with E-state index in [4.69, 9.17) is 14.2 Å². The Labute approximate surface area is 257 Å². The highest BCUT2D eigenvalue weighted by Crippen LogP contribution is 2.45. The minimum atomic E-state index is -1.00. The molecule has 1 aliphatic heterocycles. The Bertz CT molecular complexity index is 1650. The lowest BCUT2D eigenvalue weighted by atomic mass is 9.95. The van der Waals surface area contributed by atoms with Gasteiger partial charge in [-0.15, -0.1) is 10.2 Å². The second-order valence-corrected chi connectivity index (χ2v) is 11.4. The lowest BCUT2D eigenvalue weighted by Gasteiger charge is -2.23. The Balaban J connectivity index is 1.59. The number of aliphatic hydroxyl groups is 1. The maximum absolute atomic E-state index is 13.6. The lowest BCUT2D eigenvalue weighted by Crippen LogP contribution is -2.29. The van der Waals surface area contributed by atoms with Gasteiger partial charge in [0, 0.05) is 11.3 Å². The molecule has 0 saturated carbocycles. The van der Waals surface area contributed by atoms with Crippen molar-refractivity contribution in [2.45, 2.75) is 23.1 Å². The molecule has 3 aromatic carbocycles. The van der Waals surface area contributed by atoms with Crippen LogP contribution in [0.2, 0.25) is 0 Å². The van der Waals surface area contributed by atoms with E-state index >= 15 is 0 Å². The van der Waals surface area contributed by atoms with Gasteiger partial charge in [0.05, 0.1) is 25.3 Å². The Hall–Kier alpha value is -4.61. The molecule has 2 heterocycles. The van der Waals surface area contributed by atoms with Crippen LogP contribution in [0.15, 0.2) is 95.4 Å². The van der Waals surface area contributed by atoms with E-state index in [0.717, 1.165) is 5.56 Å². The fourth-order valence-corrected chi connectivity index (χ4v) is 6.38. The molecule has 9 nitrogen and oxygen atoms in total. The number of methoxy groups -OCH3 is 1. The van der Waals surface area contributed by atoms with Crippen molar-refractivity contribution >= 4 is 45.7 Å². The number of hydrogen-bond donors (Lipinski definition) is 1. The Morgan fingerprint density at radius 2 is 1.81 bits per heavy atom. The van der Waals surface area contributed by atoms with E-state index in [9.17, 15) is 14.7 Å². The molecule has 0 spiro atoms. The predicted molar refractivity (Wildman–Crippen MR) is 167 cm³/mol. The van der Waals surface area contributed by atoms with Crippen molar-refractivity contribution in [3.63, 3.8) is 0 Å². The first kappa shape index (κ1) is 29.9. The minimum absolute atomic E-state index is 0.0777. The summed E-state index contributed by atoms with van der Waals surface area (Å²) in [6.07, 6.45) is 1.62. The van der Waals surface area contributed by atoms with Gasteiger partial charge in [0.15, 0.2) is 15.8 Å². The molecule has 1 unspecified atom stereocenters. The summed E-state index contributed by atoms with van der Waals surface area (Å²) in [6.45, 7) is 6.16. The molecule has 1 N–H and O–H groups in total. The van der Waals surface area contributed by atoms with Crippen LogP contribution in [0.25, 0.3) is 5.76 Å². The van der Waals surface area contributed by atoms with Crippen LogP contribution in [-0.4, -0.2) is 47.3 Å². The number of hydrogen-bond acceptors (Lipinski definition) is 10. The quantitative estimate of drug-likeness (QED) is 0.0481. The number of aliphatic hydroxyl groups excluding tert-OH is 1. The molecule has 1 amide bonds. The van der Waals surface area contributed by atoms with Crippen molar-refractivity contribution in [3.8, 4) is 17.2 Å². The van der Waals surface area contributed by atoms with Gasteiger partial charge in [-0.25, -0.2) is 0 Å². The molecular weight excluding hydrogens is 587 g/mol. The predicted octanol–water partition coefficient (Wildman–Crippen LogP) is 6.43. The van der Waals surface area contributed by atoms with E-state index < -0.39 is 17.7 Å². The number of thioether (sulfide) groups is 1. The molecule has 1 fully saturated rings. The summed E-state index contributed by atoms with van der Waals surface area (Å²) < 4.78 is 17.5. The van der Waals surface area contributed by atoms with Gasteiger partial charge in [0.25, 0.3) is 5.78 Å². The Morgan fingerprint density at radius 1 is 1.05 bits per heavy atom. The van der Waals surface area contributed by atoms with Crippen LogP contribution in [0.3, 0.4) is 0 Å². The Morgan fingerprint density at radius 3 is 2.51 bits per heavy atom. The second-order valence-electron chi connectivity index (χ2n) is 9.26. The number of ketones is 1. The van der Waals surface area contributed by atoms with Crippen LogP contribution in [-0.2, 0) is 15.3 Å². The highest BCUT2D eigenvalue weighted by atomic mass is 32.2. The summed E-state index contributed by atoms with van der Waals surface area (Å²) in [5.41, 5.74) is 1.92. The zero-order chi connectivity index (χ0) is 30.3. The summed E-state index contributed by atoms with van der Waals surface area (Å²) in [4.78, 5) is 28.5. The number of Topliss-reactive ketones (excluding diaryl/α,β-unsaturated/α-hetero) is 1. The highest BCUT2D eigenvalue weighted by Gasteiger charge is 2.48. The summed E-state index contributed by atoms with van der Waals surface area (Å²) in [5.74, 6) is 0.180. The molecule has 0 radical (unpaired) electrons. The lowest BCUT2D eigenvalue weighted by molar-refractivity contribution is -0.132. The van der Waals surface area contributed by atoms with Crippen LogP contribution in [0.4, 0.5) is 5.13 Å². The van der Waals surface area contributed by atoms with Crippen LogP contribution in [0, 0.1) is 0 Å². The molecule has 11 heteroatoms. The van der Waals surface area contributed by atoms with Crippen molar-refractivity contribution in [1.82, 2.24) is 10.2 Å². The maximum Gasteiger partial charge on any atom is 0.301 e. The van der Waals surface area contributed by atoms with E-state index in [0.29, 0.717) is 45.1 Å². The Kier molecular flexibility index (Phi) is 9.43.